The molecule has 0 amide bonds. The summed E-state index contributed by atoms with van der Waals surface area (Å²) in [7, 11) is 1.92. The fourth-order valence-electron chi connectivity index (χ4n) is 2.15. The highest BCUT2D eigenvalue weighted by Gasteiger charge is 2.28. The third-order valence-corrected chi connectivity index (χ3v) is 4.40. The lowest BCUT2D eigenvalue weighted by Gasteiger charge is -2.19. The van der Waals surface area contributed by atoms with E-state index in [0.717, 1.165) is 11.3 Å². The van der Waals surface area contributed by atoms with Crippen LogP contribution < -0.4 is 4.90 Å². The number of para-hydroxylation sites is 1. The van der Waals surface area contributed by atoms with E-state index >= 15 is 0 Å². The van der Waals surface area contributed by atoms with Gasteiger partial charge in [0, 0.05) is 18.2 Å². The molecule has 2 rings (SSSR count). The third kappa shape index (κ3) is 3.08. The molecule has 0 spiro atoms. The maximum absolute atomic E-state index is 11.5. The van der Waals surface area contributed by atoms with Crippen LogP contribution in [0.3, 0.4) is 0 Å². The summed E-state index contributed by atoms with van der Waals surface area (Å²) in [6, 6.07) is 7.99. The van der Waals surface area contributed by atoms with Crippen molar-refractivity contribution in [2.24, 2.45) is 0 Å². The van der Waals surface area contributed by atoms with Gasteiger partial charge in [0.2, 0.25) is 0 Å². The molecule has 0 saturated heterocycles. The fraction of sp³-hybridized carbons (Fsp3) is 0.375. The van der Waals surface area contributed by atoms with Crippen molar-refractivity contribution in [2.75, 3.05) is 11.9 Å². The van der Waals surface area contributed by atoms with Gasteiger partial charge in [0.25, 0.3) is 0 Å². The van der Waals surface area contributed by atoms with E-state index in [1.54, 1.807) is 0 Å². The second kappa shape index (κ2) is 5.48. The topological polar surface area (TPSA) is 53.4 Å². The number of nitrogens with zero attached hydrogens (tertiary/aromatic N) is 2. The van der Waals surface area contributed by atoms with Gasteiger partial charge in [-0.2, -0.15) is 0 Å². The van der Waals surface area contributed by atoms with Crippen LogP contribution in [-0.2, 0) is 5.41 Å². The average Bonchev–Trinajstić information content (AvgIpc) is 2.83. The van der Waals surface area contributed by atoms with Crippen LogP contribution in [0.15, 0.2) is 24.3 Å². The molecule has 1 aromatic heterocycles. The molecule has 112 valence electrons. The predicted molar refractivity (Wildman–Crippen MR) is 87.0 cm³/mol. The Bertz CT molecular complexity index is 671. The standard InChI is InChI=1S/C16H20N2O2S/c1-10-8-6-7-9-11(10)18(5)15-17-13(16(2,3)4)12(21-15)14(19)20/h6-9H,1-5H3,(H,19,20). The van der Waals surface area contributed by atoms with E-state index < -0.39 is 5.97 Å². The SMILES string of the molecule is Cc1ccccc1N(C)c1nc(C(C)(C)C)c(C(=O)O)s1. The van der Waals surface area contributed by atoms with Crippen molar-refractivity contribution in [3.63, 3.8) is 0 Å². The Labute approximate surface area is 129 Å². The van der Waals surface area contributed by atoms with E-state index in [2.05, 4.69) is 4.98 Å². The van der Waals surface area contributed by atoms with Gasteiger partial charge in [0.1, 0.15) is 4.88 Å². The number of hydrogen-bond acceptors (Lipinski definition) is 4. The molecule has 5 heteroatoms. The lowest BCUT2D eigenvalue weighted by Crippen LogP contribution is -2.17. The Morgan fingerprint density at radius 1 is 1.29 bits per heavy atom. The molecule has 0 fully saturated rings. The minimum absolute atomic E-state index is 0.297. The summed E-state index contributed by atoms with van der Waals surface area (Å²) in [6.45, 7) is 7.96. The number of aromatic carboxylic acids is 1. The molecule has 1 N–H and O–H groups in total. The number of anilines is 2. The van der Waals surface area contributed by atoms with Gasteiger partial charge in [0.05, 0.1) is 5.69 Å². The predicted octanol–water partition coefficient (Wildman–Crippen LogP) is 4.22. The van der Waals surface area contributed by atoms with Gasteiger partial charge in [-0.1, -0.05) is 50.3 Å². The van der Waals surface area contributed by atoms with Crippen molar-refractivity contribution in [1.82, 2.24) is 4.98 Å². The molecule has 0 saturated carbocycles. The van der Waals surface area contributed by atoms with E-state index in [-0.39, 0.29) is 5.41 Å². The molecule has 0 bridgehead atoms. The van der Waals surface area contributed by atoms with Crippen molar-refractivity contribution >= 4 is 28.1 Å². The maximum atomic E-state index is 11.5. The lowest BCUT2D eigenvalue weighted by atomic mass is 9.91. The molecule has 1 heterocycles. The van der Waals surface area contributed by atoms with Gasteiger partial charge in [-0.25, -0.2) is 9.78 Å². The summed E-state index contributed by atoms with van der Waals surface area (Å²) < 4.78 is 0. The van der Waals surface area contributed by atoms with Gasteiger partial charge < -0.3 is 10.0 Å². The Kier molecular flexibility index (Phi) is 4.05. The van der Waals surface area contributed by atoms with Gasteiger partial charge in [0.15, 0.2) is 5.13 Å². The first kappa shape index (κ1) is 15.5. The Morgan fingerprint density at radius 3 is 2.38 bits per heavy atom. The minimum Gasteiger partial charge on any atom is -0.477 e. The van der Waals surface area contributed by atoms with Crippen LogP contribution in [0.2, 0.25) is 0 Å². The van der Waals surface area contributed by atoms with Crippen molar-refractivity contribution < 1.29 is 9.90 Å². The van der Waals surface area contributed by atoms with E-state index in [1.165, 1.54) is 11.3 Å². The second-order valence-electron chi connectivity index (χ2n) is 6.07. The van der Waals surface area contributed by atoms with Crippen LogP contribution in [0.25, 0.3) is 0 Å². The molecule has 0 aliphatic rings. The lowest BCUT2D eigenvalue weighted by molar-refractivity contribution is 0.0699. The van der Waals surface area contributed by atoms with E-state index in [4.69, 9.17) is 0 Å². The molecule has 0 aliphatic heterocycles. The van der Waals surface area contributed by atoms with E-state index in [0.29, 0.717) is 15.7 Å². The number of hydrogen-bond donors (Lipinski definition) is 1. The first-order valence-corrected chi connectivity index (χ1v) is 7.57. The number of carbonyl (C=O) groups is 1. The summed E-state index contributed by atoms with van der Waals surface area (Å²) in [5.41, 5.74) is 2.50. The number of carboxylic acid groups (broad SMARTS) is 1. The zero-order chi connectivity index (χ0) is 15.8. The second-order valence-corrected chi connectivity index (χ2v) is 7.05. The number of carboxylic acids is 1. The molecule has 2 aromatic rings. The van der Waals surface area contributed by atoms with Crippen LogP contribution in [0.4, 0.5) is 10.8 Å². The van der Waals surface area contributed by atoms with Crippen molar-refractivity contribution in [3.8, 4) is 0 Å². The molecular formula is C16H20N2O2S. The molecule has 0 radical (unpaired) electrons. The summed E-state index contributed by atoms with van der Waals surface area (Å²) in [4.78, 5) is 18.3. The maximum Gasteiger partial charge on any atom is 0.347 e. The van der Waals surface area contributed by atoms with Crippen molar-refractivity contribution in [2.45, 2.75) is 33.1 Å². The monoisotopic (exact) mass is 304 g/mol. The Balaban J connectivity index is 2.51. The molecule has 0 aliphatic carbocycles. The fourth-order valence-corrected chi connectivity index (χ4v) is 3.24. The first-order valence-electron chi connectivity index (χ1n) is 6.75. The first-order chi connectivity index (χ1) is 9.71. The van der Waals surface area contributed by atoms with Gasteiger partial charge in [-0.15, -0.1) is 0 Å². The zero-order valence-corrected chi connectivity index (χ0v) is 13.8. The highest BCUT2D eigenvalue weighted by Crippen LogP contribution is 2.36. The third-order valence-electron chi connectivity index (χ3n) is 3.28. The summed E-state index contributed by atoms with van der Waals surface area (Å²) >= 11 is 1.22. The molecular weight excluding hydrogens is 284 g/mol. The average molecular weight is 304 g/mol. The highest BCUT2D eigenvalue weighted by molar-refractivity contribution is 7.17. The quantitative estimate of drug-likeness (QED) is 0.922. The summed E-state index contributed by atoms with van der Waals surface area (Å²) in [5.74, 6) is -0.915. The molecule has 1 aromatic carbocycles. The number of aryl methyl sites for hydroxylation is 1. The molecule has 21 heavy (non-hydrogen) atoms. The molecule has 4 nitrogen and oxygen atoms in total. The number of rotatable bonds is 3. The molecule has 0 unspecified atom stereocenters. The largest absolute Gasteiger partial charge is 0.477 e. The van der Waals surface area contributed by atoms with Crippen molar-refractivity contribution in [1.29, 1.82) is 0 Å². The summed E-state index contributed by atoms with van der Waals surface area (Å²) in [5, 5.41) is 10.1. The number of thiazole rings is 1. The minimum atomic E-state index is -0.915. The van der Waals surface area contributed by atoms with Crippen LogP contribution in [0.5, 0.6) is 0 Å². The van der Waals surface area contributed by atoms with E-state index in [9.17, 15) is 9.90 Å². The molecule has 0 atom stereocenters. The Morgan fingerprint density at radius 2 is 1.90 bits per heavy atom. The van der Waals surface area contributed by atoms with Crippen LogP contribution >= 0.6 is 11.3 Å². The van der Waals surface area contributed by atoms with Gasteiger partial charge >= 0.3 is 5.97 Å². The van der Waals surface area contributed by atoms with E-state index in [1.807, 2.05) is 63.9 Å². The van der Waals surface area contributed by atoms with Gasteiger partial charge in [-0.3, -0.25) is 0 Å². The summed E-state index contributed by atoms with van der Waals surface area (Å²) in [6.07, 6.45) is 0. The van der Waals surface area contributed by atoms with Gasteiger partial charge in [-0.05, 0) is 18.6 Å². The van der Waals surface area contributed by atoms with Crippen LogP contribution in [0, 0.1) is 6.92 Å². The zero-order valence-electron chi connectivity index (χ0n) is 13.0. The number of benzene rings is 1. The smallest absolute Gasteiger partial charge is 0.347 e. The highest BCUT2D eigenvalue weighted by atomic mass is 32.1. The normalized spacial score (nSPS) is 11.5. The van der Waals surface area contributed by atoms with Crippen LogP contribution in [-0.4, -0.2) is 23.1 Å². The number of aromatic nitrogens is 1. The Hall–Kier alpha value is -1.88. The van der Waals surface area contributed by atoms with Crippen LogP contribution in [0.1, 0.15) is 41.7 Å². The van der Waals surface area contributed by atoms with Crippen molar-refractivity contribution in [3.05, 3.63) is 40.4 Å².